The Bertz CT molecular complexity index is 1040. The molecule has 5 heteroatoms. The van der Waals surface area contributed by atoms with E-state index in [4.69, 9.17) is 0 Å². The minimum atomic E-state index is -3.46. The number of aromatic nitrogens is 1. The van der Waals surface area contributed by atoms with E-state index in [-0.39, 0.29) is 6.04 Å². The van der Waals surface area contributed by atoms with Crippen molar-refractivity contribution < 1.29 is 8.42 Å². The van der Waals surface area contributed by atoms with Crippen molar-refractivity contribution in [1.29, 1.82) is 0 Å². The smallest absolute Gasteiger partial charge is 0.243 e. The Balaban J connectivity index is 1.60. The highest BCUT2D eigenvalue weighted by atomic mass is 32.2. The van der Waals surface area contributed by atoms with Gasteiger partial charge in [0.2, 0.25) is 10.0 Å². The predicted octanol–water partition coefficient (Wildman–Crippen LogP) is 4.69. The first-order chi connectivity index (χ1) is 13.0. The molecule has 27 heavy (non-hydrogen) atoms. The molecule has 1 unspecified atom stereocenters. The normalized spacial score (nSPS) is 18.6. The zero-order valence-electron chi connectivity index (χ0n) is 15.9. The lowest BCUT2D eigenvalue weighted by Crippen LogP contribution is -2.36. The number of para-hydroxylation sites is 1. The topological polar surface area (TPSA) is 53.2 Å². The van der Waals surface area contributed by atoms with Crippen LogP contribution in [0.25, 0.3) is 10.9 Å². The molecule has 142 valence electrons. The van der Waals surface area contributed by atoms with Crippen LogP contribution in [-0.4, -0.2) is 30.3 Å². The summed E-state index contributed by atoms with van der Waals surface area (Å²) in [6.07, 6.45) is 4.58. The van der Waals surface area contributed by atoms with Gasteiger partial charge in [-0.2, -0.15) is 4.31 Å². The molecule has 0 aliphatic carbocycles. The number of hydrogen-bond donors (Lipinski definition) is 1. The van der Waals surface area contributed by atoms with E-state index in [0.29, 0.717) is 17.4 Å². The van der Waals surface area contributed by atoms with Gasteiger partial charge in [0.1, 0.15) is 0 Å². The molecule has 3 aromatic rings. The van der Waals surface area contributed by atoms with Crippen LogP contribution in [0.15, 0.2) is 59.6 Å². The Morgan fingerprint density at radius 3 is 2.59 bits per heavy atom. The molecule has 1 saturated heterocycles. The van der Waals surface area contributed by atoms with Crippen LogP contribution in [0, 0.1) is 0 Å². The second kappa shape index (κ2) is 7.13. The zero-order chi connectivity index (χ0) is 19.0. The Labute approximate surface area is 161 Å². The molecule has 0 amide bonds. The number of aromatic amines is 1. The summed E-state index contributed by atoms with van der Waals surface area (Å²) in [5.41, 5.74) is 3.45. The van der Waals surface area contributed by atoms with Gasteiger partial charge in [-0.3, -0.25) is 0 Å². The molecule has 4 rings (SSSR count). The van der Waals surface area contributed by atoms with Crippen LogP contribution in [0.4, 0.5) is 0 Å². The lowest BCUT2D eigenvalue weighted by Gasteiger charge is -2.24. The van der Waals surface area contributed by atoms with Crippen molar-refractivity contribution in [1.82, 2.24) is 9.29 Å². The van der Waals surface area contributed by atoms with Crippen molar-refractivity contribution in [3.63, 3.8) is 0 Å². The minimum absolute atomic E-state index is 0.0129. The van der Waals surface area contributed by atoms with Crippen LogP contribution < -0.4 is 0 Å². The maximum Gasteiger partial charge on any atom is 0.243 e. The number of fused-ring (bicyclic) bond motifs is 1. The van der Waals surface area contributed by atoms with Crippen LogP contribution in [0.3, 0.4) is 0 Å². The highest BCUT2D eigenvalue weighted by Gasteiger charge is 2.35. The lowest BCUT2D eigenvalue weighted by atomic mass is 10.0. The molecule has 2 heterocycles. The molecule has 0 spiro atoms. The molecule has 0 radical (unpaired) electrons. The molecule has 2 aromatic carbocycles. The van der Waals surface area contributed by atoms with E-state index >= 15 is 0 Å². The molecule has 4 nitrogen and oxygen atoms in total. The highest BCUT2D eigenvalue weighted by Crippen LogP contribution is 2.30. The van der Waals surface area contributed by atoms with Crippen molar-refractivity contribution in [2.75, 3.05) is 6.54 Å². The first kappa shape index (κ1) is 18.3. The molecular weight excluding hydrogens is 356 g/mol. The van der Waals surface area contributed by atoms with Gasteiger partial charge in [-0.25, -0.2) is 8.42 Å². The summed E-state index contributed by atoms with van der Waals surface area (Å²) in [7, 11) is -3.46. The van der Waals surface area contributed by atoms with Crippen molar-refractivity contribution in [3.05, 3.63) is 65.9 Å². The van der Waals surface area contributed by atoms with E-state index in [0.717, 1.165) is 30.3 Å². The van der Waals surface area contributed by atoms with Crippen LogP contribution in [0.1, 0.15) is 43.7 Å². The first-order valence-corrected chi connectivity index (χ1v) is 11.1. The van der Waals surface area contributed by atoms with Gasteiger partial charge in [0.15, 0.2) is 0 Å². The second-order valence-corrected chi connectivity index (χ2v) is 9.59. The fourth-order valence-corrected chi connectivity index (χ4v) is 5.74. The number of sulfonamides is 1. The summed E-state index contributed by atoms with van der Waals surface area (Å²) in [4.78, 5) is 3.70. The fourth-order valence-electron chi connectivity index (χ4n) is 4.04. The molecule has 1 atom stereocenters. The molecule has 1 aliphatic rings. The van der Waals surface area contributed by atoms with Crippen molar-refractivity contribution in [3.8, 4) is 0 Å². The largest absolute Gasteiger partial charge is 0.361 e. The van der Waals surface area contributed by atoms with E-state index in [1.54, 1.807) is 16.4 Å². The number of benzene rings is 2. The van der Waals surface area contributed by atoms with E-state index < -0.39 is 10.0 Å². The van der Waals surface area contributed by atoms with Crippen LogP contribution in [0.2, 0.25) is 0 Å². The summed E-state index contributed by atoms with van der Waals surface area (Å²) in [5.74, 6) is 0.392. The molecular formula is C22H26N2O2S. The van der Waals surface area contributed by atoms with Crippen LogP contribution in [0.5, 0.6) is 0 Å². The van der Waals surface area contributed by atoms with Gasteiger partial charge < -0.3 is 4.98 Å². The third-order valence-corrected chi connectivity index (χ3v) is 7.57. The number of nitrogens with zero attached hydrogens (tertiary/aromatic N) is 1. The molecule has 1 aromatic heterocycles. The van der Waals surface area contributed by atoms with Crippen LogP contribution >= 0.6 is 0 Å². The number of rotatable bonds is 5. The van der Waals surface area contributed by atoms with Crippen LogP contribution in [-0.2, 0) is 16.4 Å². The van der Waals surface area contributed by atoms with E-state index in [1.807, 2.05) is 30.5 Å². The predicted molar refractivity (Wildman–Crippen MR) is 109 cm³/mol. The van der Waals surface area contributed by atoms with Gasteiger partial charge in [0.05, 0.1) is 4.90 Å². The number of H-pyrrole nitrogens is 1. The Kier molecular flexibility index (Phi) is 4.82. The van der Waals surface area contributed by atoms with Gasteiger partial charge in [-0.15, -0.1) is 0 Å². The second-order valence-electron chi connectivity index (χ2n) is 7.70. The highest BCUT2D eigenvalue weighted by molar-refractivity contribution is 7.89. The summed E-state index contributed by atoms with van der Waals surface area (Å²) in [6, 6.07) is 15.6. The molecule has 1 fully saturated rings. The van der Waals surface area contributed by atoms with Crippen molar-refractivity contribution >= 4 is 20.9 Å². The fraction of sp³-hybridized carbons (Fsp3) is 0.364. The Hall–Kier alpha value is -2.11. The molecule has 1 aliphatic heterocycles. The third kappa shape index (κ3) is 3.42. The zero-order valence-corrected chi connectivity index (χ0v) is 16.7. The van der Waals surface area contributed by atoms with Crippen molar-refractivity contribution in [2.45, 2.75) is 50.0 Å². The van der Waals surface area contributed by atoms with E-state index in [2.05, 4.69) is 31.0 Å². The third-order valence-electron chi connectivity index (χ3n) is 5.61. The summed E-state index contributed by atoms with van der Waals surface area (Å²) < 4.78 is 28.2. The van der Waals surface area contributed by atoms with E-state index in [9.17, 15) is 8.42 Å². The van der Waals surface area contributed by atoms with Gasteiger partial charge in [-0.1, -0.05) is 44.2 Å². The SMILES string of the molecule is CC(C)c1ccc(S(=O)(=O)N2CCCC2Cc2c[nH]c3ccccc23)cc1. The maximum atomic E-state index is 13.2. The van der Waals surface area contributed by atoms with Gasteiger partial charge >= 0.3 is 0 Å². The minimum Gasteiger partial charge on any atom is -0.361 e. The molecule has 0 saturated carbocycles. The summed E-state index contributed by atoms with van der Waals surface area (Å²) in [5, 5.41) is 1.18. The number of nitrogens with one attached hydrogen (secondary N) is 1. The first-order valence-electron chi connectivity index (χ1n) is 9.63. The van der Waals surface area contributed by atoms with E-state index in [1.165, 1.54) is 10.9 Å². The monoisotopic (exact) mass is 382 g/mol. The Morgan fingerprint density at radius 1 is 1.11 bits per heavy atom. The van der Waals surface area contributed by atoms with Gasteiger partial charge in [-0.05, 0) is 54.5 Å². The standard InChI is InChI=1S/C22H26N2O2S/c1-16(2)17-9-11-20(12-10-17)27(25,26)24-13-5-6-19(24)14-18-15-23-22-8-4-3-7-21(18)22/h3-4,7-12,15-16,19,23H,5-6,13-14H2,1-2H3. The molecule has 1 N–H and O–H groups in total. The maximum absolute atomic E-state index is 13.2. The quantitative estimate of drug-likeness (QED) is 0.696. The average molecular weight is 383 g/mol. The number of hydrogen-bond acceptors (Lipinski definition) is 2. The lowest BCUT2D eigenvalue weighted by molar-refractivity contribution is 0.386. The Morgan fingerprint density at radius 2 is 1.85 bits per heavy atom. The van der Waals surface area contributed by atoms with Gasteiger partial charge in [0.25, 0.3) is 0 Å². The summed E-state index contributed by atoms with van der Waals surface area (Å²) in [6.45, 7) is 4.82. The van der Waals surface area contributed by atoms with Gasteiger partial charge in [0, 0.05) is 29.7 Å². The average Bonchev–Trinajstić information content (AvgIpc) is 3.30. The summed E-state index contributed by atoms with van der Waals surface area (Å²) >= 11 is 0. The molecule has 0 bridgehead atoms. The van der Waals surface area contributed by atoms with Crippen molar-refractivity contribution in [2.24, 2.45) is 0 Å².